The number of carbonyl (C=O) groups excluding carboxylic acids is 1. The molecule has 1 aromatic heterocycles. The molecule has 1 saturated carbocycles. The molecule has 2 aromatic rings. The highest BCUT2D eigenvalue weighted by atomic mass is 32.1. The normalized spacial score (nSPS) is 26.1. The summed E-state index contributed by atoms with van der Waals surface area (Å²) in [7, 11) is 0. The fourth-order valence-electron chi connectivity index (χ4n) is 3.29. The molecule has 1 aliphatic heterocycles. The van der Waals surface area contributed by atoms with Gasteiger partial charge in [0.2, 0.25) is 11.9 Å². The van der Waals surface area contributed by atoms with E-state index in [1.807, 2.05) is 18.2 Å². The Morgan fingerprint density at radius 3 is 3.08 bits per heavy atom. The molecule has 1 aromatic carbocycles. The number of carbonyl (C=O) groups is 1. The molecule has 2 fully saturated rings. The van der Waals surface area contributed by atoms with E-state index in [0.29, 0.717) is 18.5 Å². The van der Waals surface area contributed by atoms with Crippen LogP contribution in [0.4, 0.5) is 8.78 Å². The third-order valence-electron chi connectivity index (χ3n) is 4.57. The molecular formula is C18H18F2N4OS. The zero-order valence-corrected chi connectivity index (χ0v) is 14.8. The van der Waals surface area contributed by atoms with Crippen LogP contribution in [0.1, 0.15) is 37.7 Å². The SMILES string of the molecule is O=C1NC(=NC2CCCCC(F)(F)C2)N/C1=C\c1ccc2ncsc2c1. The molecule has 0 spiro atoms. The summed E-state index contributed by atoms with van der Waals surface area (Å²) in [4.78, 5) is 20.7. The number of aliphatic imine (C=N–C) groups is 1. The van der Waals surface area contributed by atoms with Gasteiger partial charge in [0.15, 0.2) is 0 Å². The summed E-state index contributed by atoms with van der Waals surface area (Å²) in [5.74, 6) is -2.74. The summed E-state index contributed by atoms with van der Waals surface area (Å²) in [6.07, 6.45) is 3.22. The lowest BCUT2D eigenvalue weighted by Gasteiger charge is -2.16. The predicted molar refractivity (Wildman–Crippen MR) is 98.1 cm³/mol. The minimum atomic E-state index is -2.68. The number of aromatic nitrogens is 1. The number of hydrogen-bond acceptors (Lipinski definition) is 4. The molecule has 0 radical (unpaired) electrons. The molecule has 8 heteroatoms. The van der Waals surface area contributed by atoms with Crippen LogP contribution in [-0.2, 0) is 4.79 Å². The van der Waals surface area contributed by atoms with Gasteiger partial charge in [-0.25, -0.2) is 18.8 Å². The summed E-state index contributed by atoms with van der Waals surface area (Å²) in [6.45, 7) is 0. The van der Waals surface area contributed by atoms with Crippen LogP contribution in [-0.4, -0.2) is 28.8 Å². The molecule has 0 bridgehead atoms. The number of nitrogens with one attached hydrogen (secondary N) is 2. The van der Waals surface area contributed by atoms with Gasteiger partial charge in [-0.3, -0.25) is 10.1 Å². The van der Waals surface area contributed by atoms with Crippen molar-refractivity contribution in [1.29, 1.82) is 0 Å². The van der Waals surface area contributed by atoms with E-state index in [1.165, 1.54) is 11.3 Å². The number of amides is 1. The van der Waals surface area contributed by atoms with Crippen molar-refractivity contribution in [2.75, 3.05) is 0 Å². The summed E-state index contributed by atoms with van der Waals surface area (Å²) < 4.78 is 28.5. The maximum atomic E-state index is 13.7. The van der Waals surface area contributed by atoms with Gasteiger partial charge in [0, 0.05) is 12.8 Å². The van der Waals surface area contributed by atoms with Crippen molar-refractivity contribution < 1.29 is 13.6 Å². The third kappa shape index (κ3) is 3.75. The van der Waals surface area contributed by atoms with Gasteiger partial charge in [-0.15, -0.1) is 11.3 Å². The molecule has 1 aliphatic carbocycles. The highest BCUT2D eigenvalue weighted by Crippen LogP contribution is 2.33. The third-order valence-corrected chi connectivity index (χ3v) is 5.36. The fourth-order valence-corrected chi connectivity index (χ4v) is 4.02. The van der Waals surface area contributed by atoms with Gasteiger partial charge < -0.3 is 5.32 Å². The van der Waals surface area contributed by atoms with E-state index in [-0.39, 0.29) is 24.7 Å². The van der Waals surface area contributed by atoms with E-state index in [9.17, 15) is 13.6 Å². The second-order valence-corrected chi connectivity index (χ2v) is 7.54. The van der Waals surface area contributed by atoms with Crippen molar-refractivity contribution in [1.82, 2.24) is 15.6 Å². The lowest BCUT2D eigenvalue weighted by Crippen LogP contribution is -2.29. The van der Waals surface area contributed by atoms with Crippen molar-refractivity contribution in [2.24, 2.45) is 4.99 Å². The first kappa shape index (κ1) is 17.1. The van der Waals surface area contributed by atoms with E-state index >= 15 is 0 Å². The van der Waals surface area contributed by atoms with Crippen molar-refractivity contribution in [2.45, 2.75) is 44.1 Å². The predicted octanol–water partition coefficient (Wildman–Crippen LogP) is 3.68. The fraction of sp³-hybridized carbons (Fsp3) is 0.389. The Morgan fingerprint density at radius 2 is 2.19 bits per heavy atom. The average Bonchev–Trinajstić information content (AvgIpc) is 3.13. The first-order valence-electron chi connectivity index (χ1n) is 8.57. The lowest BCUT2D eigenvalue weighted by atomic mass is 10.1. The Bertz CT molecular complexity index is 905. The zero-order valence-electron chi connectivity index (χ0n) is 14.0. The van der Waals surface area contributed by atoms with Gasteiger partial charge in [-0.05, 0) is 36.6 Å². The Labute approximate surface area is 153 Å². The van der Waals surface area contributed by atoms with Crippen molar-refractivity contribution in [3.63, 3.8) is 0 Å². The van der Waals surface area contributed by atoms with Gasteiger partial charge in [0.05, 0.1) is 21.8 Å². The van der Waals surface area contributed by atoms with E-state index in [2.05, 4.69) is 20.6 Å². The van der Waals surface area contributed by atoms with E-state index in [4.69, 9.17) is 0 Å². The van der Waals surface area contributed by atoms with Crippen LogP contribution in [0.25, 0.3) is 16.3 Å². The average molecular weight is 376 g/mol. The van der Waals surface area contributed by atoms with Crippen LogP contribution in [0.3, 0.4) is 0 Å². The van der Waals surface area contributed by atoms with Crippen LogP contribution >= 0.6 is 11.3 Å². The summed E-state index contributed by atoms with van der Waals surface area (Å²) in [5.41, 5.74) is 3.90. The van der Waals surface area contributed by atoms with Gasteiger partial charge in [-0.1, -0.05) is 12.5 Å². The van der Waals surface area contributed by atoms with Gasteiger partial charge >= 0.3 is 0 Å². The highest BCUT2D eigenvalue weighted by Gasteiger charge is 2.35. The second kappa shape index (κ2) is 6.75. The number of fused-ring (bicyclic) bond motifs is 1. The Hall–Kier alpha value is -2.35. The molecule has 1 unspecified atom stereocenters. The lowest BCUT2D eigenvalue weighted by molar-refractivity contribution is -0.115. The number of benzene rings is 1. The number of alkyl halides is 2. The van der Waals surface area contributed by atoms with Crippen molar-refractivity contribution >= 4 is 39.5 Å². The molecule has 1 atom stereocenters. The van der Waals surface area contributed by atoms with Crippen LogP contribution in [0.2, 0.25) is 0 Å². The maximum absolute atomic E-state index is 13.7. The largest absolute Gasteiger partial charge is 0.321 e. The molecule has 2 N–H and O–H groups in total. The Balaban J connectivity index is 1.52. The quantitative estimate of drug-likeness (QED) is 0.621. The van der Waals surface area contributed by atoms with Gasteiger partial charge in [0.25, 0.3) is 5.91 Å². The number of nitrogens with zero attached hydrogens (tertiary/aromatic N) is 2. The molecule has 1 saturated heterocycles. The minimum Gasteiger partial charge on any atom is -0.321 e. The molecule has 2 heterocycles. The number of thiazole rings is 1. The Kier molecular flexibility index (Phi) is 4.44. The zero-order chi connectivity index (χ0) is 18.1. The Morgan fingerprint density at radius 1 is 1.31 bits per heavy atom. The molecule has 4 rings (SSSR count). The summed E-state index contributed by atoms with van der Waals surface area (Å²) in [5, 5.41) is 5.55. The first-order chi connectivity index (χ1) is 12.5. The summed E-state index contributed by atoms with van der Waals surface area (Å²) in [6, 6.07) is 5.25. The van der Waals surface area contributed by atoms with Gasteiger partial charge in [-0.2, -0.15) is 0 Å². The molecule has 5 nitrogen and oxygen atoms in total. The summed E-state index contributed by atoms with van der Waals surface area (Å²) >= 11 is 1.53. The molecule has 26 heavy (non-hydrogen) atoms. The van der Waals surface area contributed by atoms with Crippen LogP contribution in [0.5, 0.6) is 0 Å². The van der Waals surface area contributed by atoms with E-state index in [1.54, 1.807) is 11.6 Å². The monoisotopic (exact) mass is 376 g/mol. The minimum absolute atomic E-state index is 0.0840. The standard InChI is InChI=1S/C18H18F2N4OS/c19-18(20)6-2-1-3-12(9-18)22-17-23-14(16(25)24-17)7-11-4-5-13-15(8-11)26-10-21-13/h4-5,7-8,10,12H,1-3,6,9H2,(H2,22,23,24,25)/b14-7-. The maximum Gasteiger partial charge on any atom is 0.274 e. The van der Waals surface area contributed by atoms with Crippen molar-refractivity contribution in [3.05, 3.63) is 35.0 Å². The number of halogens is 2. The number of hydrogen-bond donors (Lipinski definition) is 2. The smallest absolute Gasteiger partial charge is 0.274 e. The van der Waals surface area contributed by atoms with E-state index in [0.717, 1.165) is 22.2 Å². The number of rotatable bonds is 2. The molecule has 1 amide bonds. The topological polar surface area (TPSA) is 66.4 Å². The van der Waals surface area contributed by atoms with Crippen LogP contribution < -0.4 is 10.6 Å². The molecular weight excluding hydrogens is 358 g/mol. The molecule has 136 valence electrons. The first-order valence-corrected chi connectivity index (χ1v) is 9.45. The van der Waals surface area contributed by atoms with Crippen molar-refractivity contribution in [3.8, 4) is 0 Å². The van der Waals surface area contributed by atoms with Crippen LogP contribution in [0.15, 0.2) is 34.4 Å². The van der Waals surface area contributed by atoms with Crippen LogP contribution in [0, 0.1) is 0 Å². The van der Waals surface area contributed by atoms with Gasteiger partial charge in [0.1, 0.15) is 5.70 Å². The second-order valence-electron chi connectivity index (χ2n) is 6.65. The number of guanidine groups is 1. The highest BCUT2D eigenvalue weighted by molar-refractivity contribution is 7.16. The molecule has 2 aliphatic rings. The van der Waals surface area contributed by atoms with E-state index < -0.39 is 12.0 Å².